The Balaban J connectivity index is 1.74. The minimum atomic E-state index is -0.296. The van der Waals surface area contributed by atoms with E-state index in [0.717, 1.165) is 23.3 Å². The molecule has 2 aromatic rings. The molecule has 1 atom stereocenters. The maximum absolute atomic E-state index is 12.3. The van der Waals surface area contributed by atoms with Crippen LogP contribution in [0.1, 0.15) is 37.4 Å². The van der Waals surface area contributed by atoms with Gasteiger partial charge >= 0.3 is 0 Å². The number of hydrogen-bond acceptors (Lipinski definition) is 2. The average molecular weight is 307 g/mol. The molecule has 0 unspecified atom stereocenters. The summed E-state index contributed by atoms with van der Waals surface area (Å²) in [6.45, 7) is 4.09. The third-order valence-electron chi connectivity index (χ3n) is 3.92. The lowest BCUT2D eigenvalue weighted by molar-refractivity contribution is -0.117. The number of carbonyl (C=O) groups is 1. The number of ether oxygens (including phenoxy) is 1. The summed E-state index contributed by atoms with van der Waals surface area (Å²) < 4.78 is 5.99. The molecular weight excluding hydrogens is 286 g/mol. The van der Waals surface area contributed by atoms with Gasteiger partial charge in [0.1, 0.15) is 11.4 Å². The van der Waals surface area contributed by atoms with Gasteiger partial charge in [-0.15, -0.1) is 0 Å². The van der Waals surface area contributed by atoms with E-state index in [2.05, 4.69) is 5.32 Å². The van der Waals surface area contributed by atoms with Crippen LogP contribution >= 0.6 is 0 Å². The van der Waals surface area contributed by atoms with Gasteiger partial charge in [-0.05, 0) is 31.6 Å². The summed E-state index contributed by atoms with van der Waals surface area (Å²) in [5.41, 5.74) is 1.75. The van der Waals surface area contributed by atoms with Crippen LogP contribution < -0.4 is 10.1 Å². The Hall–Kier alpha value is -2.55. The molecule has 0 bridgehead atoms. The van der Waals surface area contributed by atoms with Gasteiger partial charge in [-0.3, -0.25) is 4.79 Å². The van der Waals surface area contributed by atoms with Crippen LogP contribution in [0.4, 0.5) is 0 Å². The number of rotatable bonds is 3. The van der Waals surface area contributed by atoms with Crippen LogP contribution in [0.25, 0.3) is 6.08 Å². The van der Waals surface area contributed by atoms with Crippen molar-refractivity contribution in [2.24, 2.45) is 0 Å². The summed E-state index contributed by atoms with van der Waals surface area (Å²) in [6.07, 6.45) is 4.15. The molecule has 3 heteroatoms. The summed E-state index contributed by atoms with van der Waals surface area (Å²) in [5, 5.41) is 3.10. The van der Waals surface area contributed by atoms with E-state index in [1.54, 1.807) is 6.08 Å². The van der Waals surface area contributed by atoms with Crippen molar-refractivity contribution in [1.29, 1.82) is 0 Å². The van der Waals surface area contributed by atoms with E-state index in [0.29, 0.717) is 0 Å². The Morgan fingerprint density at radius 2 is 1.83 bits per heavy atom. The Morgan fingerprint density at radius 3 is 2.61 bits per heavy atom. The van der Waals surface area contributed by atoms with Gasteiger partial charge in [-0.1, -0.05) is 48.5 Å². The first-order chi connectivity index (χ1) is 11.0. The molecule has 2 aromatic carbocycles. The third-order valence-corrected chi connectivity index (χ3v) is 3.92. The third kappa shape index (κ3) is 3.81. The van der Waals surface area contributed by atoms with Crippen molar-refractivity contribution < 1.29 is 9.53 Å². The minimum Gasteiger partial charge on any atom is -0.487 e. The number of carbonyl (C=O) groups excluding carboxylic acids is 1. The van der Waals surface area contributed by atoms with Gasteiger partial charge in [0, 0.05) is 18.1 Å². The van der Waals surface area contributed by atoms with Gasteiger partial charge in [0.05, 0.1) is 6.04 Å². The number of nitrogens with one attached hydrogen (secondary N) is 1. The van der Waals surface area contributed by atoms with Crippen LogP contribution in [-0.2, 0) is 4.79 Å². The molecule has 1 N–H and O–H groups in total. The molecule has 0 fully saturated rings. The molecular formula is C20H21NO2. The van der Waals surface area contributed by atoms with Crippen LogP contribution in [-0.4, -0.2) is 11.5 Å². The highest BCUT2D eigenvalue weighted by Gasteiger charge is 2.33. The van der Waals surface area contributed by atoms with E-state index < -0.39 is 0 Å². The monoisotopic (exact) mass is 307 g/mol. The molecule has 0 aromatic heterocycles. The number of para-hydroxylation sites is 1. The van der Waals surface area contributed by atoms with E-state index >= 15 is 0 Å². The second-order valence-electron chi connectivity index (χ2n) is 6.41. The molecule has 1 aliphatic rings. The fourth-order valence-electron chi connectivity index (χ4n) is 2.89. The van der Waals surface area contributed by atoms with Crippen molar-refractivity contribution in [1.82, 2.24) is 5.32 Å². The Kier molecular flexibility index (Phi) is 4.20. The SMILES string of the molecule is CC1(C)C[C@@H](NC(=O)/C=C/c2ccccc2)c2ccccc2O1. The molecule has 23 heavy (non-hydrogen) atoms. The van der Waals surface area contributed by atoms with E-state index in [9.17, 15) is 4.79 Å². The minimum absolute atomic E-state index is 0.0390. The molecule has 0 radical (unpaired) electrons. The first kappa shape index (κ1) is 15.3. The zero-order valence-electron chi connectivity index (χ0n) is 13.5. The number of hydrogen-bond donors (Lipinski definition) is 1. The van der Waals surface area contributed by atoms with Crippen molar-refractivity contribution in [3.05, 3.63) is 71.8 Å². The fraction of sp³-hybridized carbons (Fsp3) is 0.250. The summed E-state index contributed by atoms with van der Waals surface area (Å²) in [4.78, 5) is 12.3. The molecule has 0 saturated heterocycles. The van der Waals surface area contributed by atoms with Gasteiger partial charge < -0.3 is 10.1 Å². The fourth-order valence-corrected chi connectivity index (χ4v) is 2.89. The number of benzene rings is 2. The van der Waals surface area contributed by atoms with Crippen molar-refractivity contribution >= 4 is 12.0 Å². The predicted octanol–water partition coefficient (Wildman–Crippen LogP) is 4.12. The molecule has 0 aliphatic carbocycles. The van der Waals surface area contributed by atoms with E-state index in [1.807, 2.05) is 74.5 Å². The van der Waals surface area contributed by atoms with Crippen LogP contribution in [0, 0.1) is 0 Å². The second-order valence-corrected chi connectivity index (χ2v) is 6.41. The van der Waals surface area contributed by atoms with Gasteiger partial charge in [-0.25, -0.2) is 0 Å². The first-order valence-electron chi connectivity index (χ1n) is 7.85. The van der Waals surface area contributed by atoms with Gasteiger partial charge in [0.2, 0.25) is 5.91 Å². The first-order valence-corrected chi connectivity index (χ1v) is 7.85. The highest BCUT2D eigenvalue weighted by Crippen LogP contribution is 2.39. The zero-order chi connectivity index (χ0) is 16.3. The van der Waals surface area contributed by atoms with Crippen molar-refractivity contribution in [2.45, 2.75) is 31.9 Å². The smallest absolute Gasteiger partial charge is 0.244 e. The molecule has 0 spiro atoms. The van der Waals surface area contributed by atoms with Crippen LogP contribution in [0.15, 0.2) is 60.7 Å². The molecule has 1 amide bonds. The molecule has 1 aliphatic heterocycles. The second kappa shape index (κ2) is 6.29. The van der Waals surface area contributed by atoms with Crippen LogP contribution in [0.5, 0.6) is 5.75 Å². The van der Waals surface area contributed by atoms with E-state index in [1.165, 1.54) is 0 Å². The predicted molar refractivity (Wildman–Crippen MR) is 92.1 cm³/mol. The van der Waals surface area contributed by atoms with Gasteiger partial charge in [-0.2, -0.15) is 0 Å². The van der Waals surface area contributed by atoms with Gasteiger partial charge in [0.25, 0.3) is 0 Å². The lowest BCUT2D eigenvalue weighted by Gasteiger charge is -2.37. The highest BCUT2D eigenvalue weighted by molar-refractivity contribution is 5.92. The molecule has 0 saturated carbocycles. The Bertz CT molecular complexity index is 719. The topological polar surface area (TPSA) is 38.3 Å². The summed E-state index contributed by atoms with van der Waals surface area (Å²) >= 11 is 0. The maximum Gasteiger partial charge on any atom is 0.244 e. The average Bonchev–Trinajstić information content (AvgIpc) is 2.53. The lowest BCUT2D eigenvalue weighted by Crippen LogP contribution is -2.40. The van der Waals surface area contributed by atoms with Gasteiger partial charge in [0.15, 0.2) is 0 Å². The standard InChI is InChI=1S/C20H21NO2/c1-20(2)14-17(16-10-6-7-11-18(16)23-20)21-19(22)13-12-15-8-4-3-5-9-15/h3-13,17H,14H2,1-2H3,(H,21,22)/b13-12+/t17-/m1/s1. The molecule has 1 heterocycles. The number of amides is 1. The maximum atomic E-state index is 12.3. The van der Waals surface area contributed by atoms with Crippen molar-refractivity contribution in [3.8, 4) is 5.75 Å². The quantitative estimate of drug-likeness (QED) is 0.866. The van der Waals surface area contributed by atoms with Crippen molar-refractivity contribution in [2.75, 3.05) is 0 Å². The molecule has 118 valence electrons. The Morgan fingerprint density at radius 1 is 1.13 bits per heavy atom. The Labute approximate surface area is 137 Å². The highest BCUT2D eigenvalue weighted by atomic mass is 16.5. The number of fused-ring (bicyclic) bond motifs is 1. The van der Waals surface area contributed by atoms with E-state index in [-0.39, 0.29) is 17.6 Å². The van der Waals surface area contributed by atoms with Crippen molar-refractivity contribution in [3.63, 3.8) is 0 Å². The summed E-state index contributed by atoms with van der Waals surface area (Å²) in [7, 11) is 0. The molecule has 3 rings (SSSR count). The normalized spacial score (nSPS) is 19.0. The lowest BCUT2D eigenvalue weighted by atomic mass is 9.89. The van der Waals surface area contributed by atoms with E-state index in [4.69, 9.17) is 4.74 Å². The van der Waals surface area contributed by atoms with Crippen LogP contribution in [0.3, 0.4) is 0 Å². The summed E-state index contributed by atoms with van der Waals surface area (Å²) in [5.74, 6) is 0.757. The molecule has 3 nitrogen and oxygen atoms in total. The largest absolute Gasteiger partial charge is 0.487 e. The zero-order valence-corrected chi connectivity index (χ0v) is 13.5. The van der Waals surface area contributed by atoms with Crippen LogP contribution in [0.2, 0.25) is 0 Å². The summed E-state index contributed by atoms with van der Waals surface area (Å²) in [6, 6.07) is 17.7.